The Morgan fingerprint density at radius 2 is 1.64 bits per heavy atom. The van der Waals surface area contributed by atoms with Crippen LogP contribution in [0.1, 0.15) is 45.7 Å². The summed E-state index contributed by atoms with van der Waals surface area (Å²) in [7, 11) is -7.57. The third kappa shape index (κ3) is 6.19. The third-order valence-electron chi connectivity index (χ3n) is 8.96. The molecule has 248 valence electrons. The Kier molecular flexibility index (Phi) is 9.12. The van der Waals surface area contributed by atoms with Crippen molar-refractivity contribution in [1.82, 2.24) is 0 Å². The molecule has 3 aromatic carbocycles. The van der Waals surface area contributed by atoms with Crippen molar-refractivity contribution in [2.24, 2.45) is 0 Å². The Bertz CT molecular complexity index is 2180. The smallest absolute Gasteiger partial charge is 0.295 e. The molecular weight excluding hydrogens is 753 g/mol. The molecule has 2 heterocycles. The lowest BCUT2D eigenvalue weighted by atomic mass is 9.81. The Morgan fingerprint density at radius 1 is 0.936 bits per heavy atom. The molecule has 0 aromatic heterocycles. The predicted molar refractivity (Wildman–Crippen MR) is 194 cm³/mol. The zero-order chi connectivity index (χ0) is 34.7. The summed E-state index contributed by atoms with van der Waals surface area (Å²) >= 11 is 2.04. The van der Waals surface area contributed by atoms with E-state index in [0.717, 1.165) is 40.1 Å². The number of anilines is 2. The minimum atomic E-state index is -4.81. The maximum Gasteiger partial charge on any atom is 0.295 e. The number of carbonyl (C=O) groups is 1. The monoisotopic (exact) mass is 790 g/mol. The minimum Gasteiger partial charge on any atom is -0.344 e. The van der Waals surface area contributed by atoms with Crippen LogP contribution in [0.25, 0.3) is 10.8 Å². The highest BCUT2D eigenvalue weighted by atomic mass is 127. The lowest BCUT2D eigenvalue weighted by Crippen LogP contribution is -2.26. The largest absolute Gasteiger partial charge is 0.344 e. The molecule has 0 atom stereocenters. The van der Waals surface area contributed by atoms with Crippen LogP contribution in [0.3, 0.4) is 0 Å². The van der Waals surface area contributed by atoms with Crippen molar-refractivity contribution in [3.05, 3.63) is 89.7 Å². The SMILES string of the molecule is CCN1C(=CC=CC=CC2=[N+](C)c3ccc(NC(=O)CI)cc3C2(C)C)C(C)(C)c2c1ccc1c(S(=O)(=O)O)cc(S(=O)(=O)O)cc21. The Labute approximate surface area is 289 Å². The molecule has 5 rings (SSSR count). The Morgan fingerprint density at radius 3 is 2.26 bits per heavy atom. The van der Waals surface area contributed by atoms with Crippen LogP contribution in [0.15, 0.2) is 88.3 Å². The highest BCUT2D eigenvalue weighted by molar-refractivity contribution is 14.1. The lowest BCUT2D eigenvalue weighted by molar-refractivity contribution is -0.401. The predicted octanol–water partition coefficient (Wildman–Crippen LogP) is 6.53. The summed E-state index contributed by atoms with van der Waals surface area (Å²) in [5, 5.41) is 3.40. The van der Waals surface area contributed by atoms with Crippen LogP contribution in [0.5, 0.6) is 0 Å². The van der Waals surface area contributed by atoms with Gasteiger partial charge in [0.05, 0.1) is 14.7 Å². The molecular formula is C34H37IN3O7S2+. The molecule has 3 N–H and O–H groups in total. The number of halogens is 1. The van der Waals surface area contributed by atoms with E-state index in [9.17, 15) is 30.7 Å². The number of likely N-dealkylation sites (N-methyl/N-ethyl adjacent to an activating group) is 1. The second-order valence-electron chi connectivity index (χ2n) is 12.6. The van der Waals surface area contributed by atoms with Crippen molar-refractivity contribution in [3.8, 4) is 0 Å². The van der Waals surface area contributed by atoms with E-state index in [4.69, 9.17) is 0 Å². The lowest BCUT2D eigenvalue weighted by Gasteiger charge is -2.26. The fourth-order valence-corrected chi connectivity index (χ4v) is 8.34. The molecule has 13 heteroatoms. The molecule has 0 unspecified atom stereocenters. The van der Waals surface area contributed by atoms with Crippen molar-refractivity contribution in [2.45, 2.75) is 55.2 Å². The number of nitrogens with one attached hydrogen (secondary N) is 1. The molecule has 1 amide bonds. The van der Waals surface area contributed by atoms with Gasteiger partial charge in [-0.2, -0.15) is 21.4 Å². The van der Waals surface area contributed by atoms with E-state index in [1.807, 2.05) is 92.9 Å². The first kappa shape index (κ1) is 35.0. The van der Waals surface area contributed by atoms with Crippen molar-refractivity contribution in [1.29, 1.82) is 0 Å². The second kappa shape index (κ2) is 12.3. The van der Waals surface area contributed by atoms with Gasteiger partial charge in [0.15, 0.2) is 5.71 Å². The normalized spacial score (nSPS) is 18.1. The molecule has 2 aliphatic heterocycles. The third-order valence-corrected chi connectivity index (χ3v) is 11.4. The number of benzene rings is 3. The standard InChI is InChI=1S/C34H36IN3O7S2/c1-7-38-27-16-14-23-24(18-22(46(40,41)42)19-28(23)47(43,44)45)32(27)34(4,5)30(38)12-10-8-9-11-29-33(2,3)25-17-21(36-31(39)20-35)13-15-26(25)37(29)6/h8-19H,7,20H2,1-6H3,(H2-,36,39,40,41,42,43,44,45)/p+1. The van der Waals surface area contributed by atoms with Crippen molar-refractivity contribution in [2.75, 3.05) is 28.2 Å². The zero-order valence-corrected chi connectivity index (χ0v) is 30.7. The van der Waals surface area contributed by atoms with Crippen LogP contribution < -0.4 is 10.2 Å². The molecule has 0 fully saturated rings. The van der Waals surface area contributed by atoms with Gasteiger partial charge in [0.1, 0.15) is 11.9 Å². The van der Waals surface area contributed by atoms with E-state index in [1.165, 1.54) is 6.07 Å². The fraction of sp³-hybridized carbons (Fsp3) is 0.294. The Hall–Kier alpha value is -3.37. The molecule has 0 saturated carbocycles. The number of fused-ring (bicyclic) bond motifs is 4. The van der Waals surface area contributed by atoms with Crippen LogP contribution >= 0.6 is 22.6 Å². The number of rotatable bonds is 8. The second-order valence-corrected chi connectivity index (χ2v) is 16.1. The van der Waals surface area contributed by atoms with E-state index in [2.05, 4.69) is 34.7 Å². The van der Waals surface area contributed by atoms with Gasteiger partial charge in [-0.1, -0.05) is 60.7 Å². The summed E-state index contributed by atoms with van der Waals surface area (Å²) in [5.74, 6) is -0.0489. The summed E-state index contributed by atoms with van der Waals surface area (Å²) in [5.41, 5.74) is 5.36. The molecule has 0 saturated heterocycles. The molecule has 10 nitrogen and oxygen atoms in total. The number of allylic oxidation sites excluding steroid dienone is 6. The van der Waals surface area contributed by atoms with Gasteiger partial charge in [-0.05, 0) is 68.1 Å². The van der Waals surface area contributed by atoms with Gasteiger partial charge in [-0.15, -0.1) is 0 Å². The highest BCUT2D eigenvalue weighted by Gasteiger charge is 2.43. The van der Waals surface area contributed by atoms with Crippen LogP contribution in [-0.2, 0) is 35.9 Å². The molecule has 0 bridgehead atoms. The van der Waals surface area contributed by atoms with Gasteiger partial charge < -0.3 is 10.2 Å². The average molecular weight is 791 g/mol. The van der Waals surface area contributed by atoms with E-state index in [-0.39, 0.29) is 16.7 Å². The van der Waals surface area contributed by atoms with Gasteiger partial charge in [0.25, 0.3) is 20.2 Å². The van der Waals surface area contributed by atoms with E-state index in [0.29, 0.717) is 21.9 Å². The van der Waals surface area contributed by atoms with Gasteiger partial charge in [-0.3, -0.25) is 13.9 Å². The summed E-state index contributed by atoms with van der Waals surface area (Å²) in [4.78, 5) is 12.8. The van der Waals surface area contributed by atoms with Gasteiger partial charge in [0, 0.05) is 52.1 Å². The molecule has 2 aliphatic rings. The maximum atomic E-state index is 12.3. The number of hydrogen-bond acceptors (Lipinski definition) is 6. The molecule has 3 aromatic rings. The summed E-state index contributed by atoms with van der Waals surface area (Å²) in [6.07, 6.45) is 9.85. The van der Waals surface area contributed by atoms with Crippen LogP contribution in [0, 0.1) is 0 Å². The van der Waals surface area contributed by atoms with E-state index < -0.39 is 35.4 Å². The number of carbonyl (C=O) groups excluding carboxylic acids is 1. The number of nitrogens with zero attached hydrogens (tertiary/aromatic N) is 2. The first-order chi connectivity index (χ1) is 21.8. The maximum absolute atomic E-state index is 12.3. The first-order valence-electron chi connectivity index (χ1n) is 14.8. The van der Waals surface area contributed by atoms with Crippen molar-refractivity contribution in [3.63, 3.8) is 0 Å². The quantitative estimate of drug-likeness (QED) is 0.0769. The first-order valence-corrected chi connectivity index (χ1v) is 19.2. The van der Waals surface area contributed by atoms with Crippen LogP contribution in [-0.4, -0.2) is 60.2 Å². The molecule has 0 radical (unpaired) electrons. The van der Waals surface area contributed by atoms with Gasteiger partial charge in [-0.25, -0.2) is 0 Å². The van der Waals surface area contributed by atoms with Gasteiger partial charge >= 0.3 is 0 Å². The molecule has 47 heavy (non-hydrogen) atoms. The molecule has 0 spiro atoms. The summed E-state index contributed by atoms with van der Waals surface area (Å²) < 4.78 is 71.1. The van der Waals surface area contributed by atoms with Crippen molar-refractivity contribution < 1.29 is 35.3 Å². The summed E-state index contributed by atoms with van der Waals surface area (Å²) in [6, 6.07) is 11.3. The average Bonchev–Trinajstić information content (AvgIpc) is 3.32. The minimum absolute atomic E-state index is 0.0489. The van der Waals surface area contributed by atoms with Crippen LogP contribution in [0.2, 0.25) is 0 Å². The Balaban J connectivity index is 1.51. The number of hydrogen-bond donors (Lipinski definition) is 3. The molecule has 0 aliphatic carbocycles. The topological polar surface area (TPSA) is 144 Å². The van der Waals surface area contributed by atoms with E-state index in [1.54, 1.807) is 12.1 Å². The summed E-state index contributed by atoms with van der Waals surface area (Å²) in [6.45, 7) is 10.8. The van der Waals surface area contributed by atoms with E-state index >= 15 is 0 Å². The van der Waals surface area contributed by atoms with Crippen LogP contribution in [0.4, 0.5) is 17.1 Å². The van der Waals surface area contributed by atoms with Crippen molar-refractivity contribution >= 4 is 82.3 Å². The van der Waals surface area contributed by atoms with Gasteiger partial charge in [0.2, 0.25) is 11.6 Å². The highest BCUT2D eigenvalue weighted by Crippen LogP contribution is 2.51. The number of alkyl halides is 1. The zero-order valence-electron chi connectivity index (χ0n) is 26.9. The fourth-order valence-electron chi connectivity index (χ4n) is 6.81. The number of amides is 1.